The monoisotopic (exact) mass is 282 g/mol. The Morgan fingerprint density at radius 3 is 2.33 bits per heavy atom. The first-order chi connectivity index (χ1) is 9.99. The summed E-state index contributed by atoms with van der Waals surface area (Å²) in [5.74, 6) is 0.941. The normalized spacial score (nSPS) is 10.5. The number of ether oxygens (including phenoxy) is 1. The van der Waals surface area contributed by atoms with Gasteiger partial charge < -0.3 is 9.72 Å². The van der Waals surface area contributed by atoms with Gasteiger partial charge in [-0.1, -0.05) is 26.0 Å². The molecule has 0 aliphatic heterocycles. The molecule has 0 radical (unpaired) electrons. The molecule has 2 rings (SSSR count). The van der Waals surface area contributed by atoms with E-state index in [1.807, 2.05) is 37.3 Å². The molecule has 0 amide bonds. The Labute approximate surface area is 124 Å². The minimum Gasteiger partial charge on any atom is -0.497 e. The molecule has 1 aromatic heterocycles. The molecule has 0 saturated heterocycles. The maximum absolute atomic E-state index is 12.1. The Hall–Kier alpha value is -2.54. The molecule has 1 N–H and O–H groups in total. The van der Waals surface area contributed by atoms with Gasteiger partial charge >= 0.3 is 0 Å². The summed E-state index contributed by atoms with van der Waals surface area (Å²) in [4.78, 5) is 14.8. The van der Waals surface area contributed by atoms with Gasteiger partial charge in [-0.05, 0) is 36.1 Å². The summed E-state index contributed by atoms with van der Waals surface area (Å²) >= 11 is 0. The number of H-pyrrole nitrogens is 1. The van der Waals surface area contributed by atoms with Crippen LogP contribution < -0.4 is 10.3 Å². The van der Waals surface area contributed by atoms with Crippen LogP contribution in [0.1, 0.15) is 36.6 Å². The average Bonchev–Trinajstić information content (AvgIpc) is 2.46. The molecule has 0 aliphatic carbocycles. The summed E-state index contributed by atoms with van der Waals surface area (Å²) in [6, 6.07) is 9.45. The maximum Gasteiger partial charge on any atom is 0.266 e. The van der Waals surface area contributed by atoms with Gasteiger partial charge in [-0.2, -0.15) is 5.26 Å². The minimum atomic E-state index is -0.342. The van der Waals surface area contributed by atoms with Crippen molar-refractivity contribution in [3.8, 4) is 22.9 Å². The van der Waals surface area contributed by atoms with Crippen LogP contribution >= 0.6 is 0 Å². The molecule has 2 aromatic rings. The zero-order valence-electron chi connectivity index (χ0n) is 12.7. The largest absolute Gasteiger partial charge is 0.497 e. The average molecular weight is 282 g/mol. The summed E-state index contributed by atoms with van der Waals surface area (Å²) in [6.45, 7) is 5.97. The van der Waals surface area contributed by atoms with E-state index in [2.05, 4.69) is 18.8 Å². The molecule has 21 heavy (non-hydrogen) atoms. The molecule has 108 valence electrons. The van der Waals surface area contributed by atoms with Crippen LogP contribution in [0.5, 0.6) is 5.75 Å². The summed E-state index contributed by atoms with van der Waals surface area (Å²) < 4.78 is 5.15. The van der Waals surface area contributed by atoms with Gasteiger partial charge in [0.15, 0.2) is 0 Å². The molecule has 0 saturated carbocycles. The third kappa shape index (κ3) is 2.68. The Bertz CT molecular complexity index is 750. The number of hydrogen-bond donors (Lipinski definition) is 1. The van der Waals surface area contributed by atoms with Gasteiger partial charge in [0.25, 0.3) is 5.56 Å². The lowest BCUT2D eigenvalue weighted by molar-refractivity contribution is 0.415. The lowest BCUT2D eigenvalue weighted by Gasteiger charge is -2.17. The number of aromatic amines is 1. The van der Waals surface area contributed by atoms with Crippen molar-refractivity contribution in [2.75, 3.05) is 7.11 Å². The number of pyridine rings is 1. The second-order valence-electron chi connectivity index (χ2n) is 5.24. The maximum atomic E-state index is 12.1. The molecule has 4 nitrogen and oxygen atoms in total. The Kier molecular flexibility index (Phi) is 4.13. The zero-order chi connectivity index (χ0) is 15.6. The first kappa shape index (κ1) is 14.9. The third-order valence-electron chi connectivity index (χ3n) is 3.52. The number of nitriles is 1. The summed E-state index contributed by atoms with van der Waals surface area (Å²) in [5.41, 5.74) is 3.19. The lowest BCUT2D eigenvalue weighted by atomic mass is 9.89. The highest BCUT2D eigenvalue weighted by molar-refractivity contribution is 5.75. The van der Waals surface area contributed by atoms with E-state index in [-0.39, 0.29) is 17.0 Å². The van der Waals surface area contributed by atoms with Gasteiger partial charge in [-0.15, -0.1) is 0 Å². The number of nitrogens with zero attached hydrogens (tertiary/aromatic N) is 1. The van der Waals surface area contributed by atoms with Crippen molar-refractivity contribution in [3.05, 3.63) is 51.4 Å². The SMILES string of the molecule is COc1ccc(-c2c(C(C)C)c(C)[nH]c(=O)c2C#N)cc1. The Balaban J connectivity index is 2.81. The van der Waals surface area contributed by atoms with Crippen molar-refractivity contribution in [2.24, 2.45) is 0 Å². The van der Waals surface area contributed by atoms with Crippen LogP contribution in [-0.4, -0.2) is 12.1 Å². The van der Waals surface area contributed by atoms with Gasteiger partial charge in [0, 0.05) is 11.3 Å². The molecule has 0 spiro atoms. The van der Waals surface area contributed by atoms with E-state index in [0.717, 1.165) is 28.1 Å². The predicted octanol–water partition coefficient (Wildman–Crippen LogP) is 3.35. The van der Waals surface area contributed by atoms with E-state index in [0.29, 0.717) is 0 Å². The van der Waals surface area contributed by atoms with Crippen LogP contribution in [0.2, 0.25) is 0 Å². The first-order valence-electron chi connectivity index (χ1n) is 6.80. The summed E-state index contributed by atoms with van der Waals surface area (Å²) in [6.07, 6.45) is 0. The highest BCUT2D eigenvalue weighted by Gasteiger charge is 2.19. The molecule has 0 fully saturated rings. The number of rotatable bonds is 3. The molecule has 4 heteroatoms. The van der Waals surface area contributed by atoms with E-state index in [9.17, 15) is 10.1 Å². The topological polar surface area (TPSA) is 65.9 Å². The molecular weight excluding hydrogens is 264 g/mol. The molecule has 0 aliphatic rings. The summed E-state index contributed by atoms with van der Waals surface area (Å²) in [5, 5.41) is 9.36. The molecule has 0 bridgehead atoms. The first-order valence-corrected chi connectivity index (χ1v) is 6.80. The number of hydrogen-bond acceptors (Lipinski definition) is 3. The fourth-order valence-electron chi connectivity index (χ4n) is 2.62. The molecule has 0 unspecified atom stereocenters. The fourth-order valence-corrected chi connectivity index (χ4v) is 2.62. The van der Waals surface area contributed by atoms with Gasteiger partial charge in [0.1, 0.15) is 17.4 Å². The van der Waals surface area contributed by atoms with Crippen molar-refractivity contribution in [1.82, 2.24) is 4.98 Å². The second kappa shape index (κ2) is 5.84. The van der Waals surface area contributed by atoms with Crippen molar-refractivity contribution >= 4 is 0 Å². The van der Waals surface area contributed by atoms with E-state index in [1.54, 1.807) is 7.11 Å². The van der Waals surface area contributed by atoms with Crippen LogP contribution in [0.4, 0.5) is 0 Å². The van der Waals surface area contributed by atoms with Crippen molar-refractivity contribution in [1.29, 1.82) is 5.26 Å². The Morgan fingerprint density at radius 1 is 1.24 bits per heavy atom. The highest BCUT2D eigenvalue weighted by atomic mass is 16.5. The zero-order valence-corrected chi connectivity index (χ0v) is 12.7. The lowest BCUT2D eigenvalue weighted by Crippen LogP contribution is -2.17. The smallest absolute Gasteiger partial charge is 0.266 e. The number of aryl methyl sites for hydroxylation is 1. The number of methoxy groups -OCH3 is 1. The van der Waals surface area contributed by atoms with Gasteiger partial charge in [-0.3, -0.25) is 4.79 Å². The minimum absolute atomic E-state index is 0.162. The standard InChI is InChI=1S/C17H18N2O2/c1-10(2)15-11(3)19-17(20)14(9-18)16(15)12-5-7-13(21-4)8-6-12/h5-8,10H,1-4H3,(H,19,20). The van der Waals surface area contributed by atoms with Crippen LogP contribution in [-0.2, 0) is 0 Å². The van der Waals surface area contributed by atoms with Crippen LogP contribution in [0.15, 0.2) is 29.1 Å². The number of nitrogens with one attached hydrogen (secondary N) is 1. The van der Waals surface area contributed by atoms with Crippen LogP contribution in [0, 0.1) is 18.3 Å². The highest BCUT2D eigenvalue weighted by Crippen LogP contribution is 2.33. The molecule has 1 heterocycles. The molecular formula is C17H18N2O2. The quantitative estimate of drug-likeness (QED) is 0.938. The predicted molar refractivity (Wildman–Crippen MR) is 82.6 cm³/mol. The second-order valence-corrected chi connectivity index (χ2v) is 5.24. The Morgan fingerprint density at radius 2 is 1.86 bits per heavy atom. The van der Waals surface area contributed by atoms with E-state index < -0.39 is 0 Å². The molecule has 0 atom stereocenters. The van der Waals surface area contributed by atoms with Gasteiger partial charge in [0.05, 0.1) is 7.11 Å². The van der Waals surface area contributed by atoms with Crippen LogP contribution in [0.3, 0.4) is 0 Å². The van der Waals surface area contributed by atoms with Crippen molar-refractivity contribution in [3.63, 3.8) is 0 Å². The third-order valence-corrected chi connectivity index (χ3v) is 3.52. The van der Waals surface area contributed by atoms with Gasteiger partial charge in [0.2, 0.25) is 0 Å². The fraction of sp³-hybridized carbons (Fsp3) is 0.294. The van der Waals surface area contributed by atoms with E-state index in [1.165, 1.54) is 0 Å². The van der Waals surface area contributed by atoms with Crippen molar-refractivity contribution < 1.29 is 4.74 Å². The van der Waals surface area contributed by atoms with Crippen LogP contribution in [0.25, 0.3) is 11.1 Å². The van der Waals surface area contributed by atoms with Crippen molar-refractivity contribution in [2.45, 2.75) is 26.7 Å². The van der Waals surface area contributed by atoms with E-state index in [4.69, 9.17) is 4.74 Å². The number of benzene rings is 1. The summed E-state index contributed by atoms with van der Waals surface area (Å²) in [7, 11) is 1.60. The van der Waals surface area contributed by atoms with E-state index >= 15 is 0 Å². The van der Waals surface area contributed by atoms with Gasteiger partial charge in [-0.25, -0.2) is 0 Å². The molecule has 1 aromatic carbocycles. The number of aromatic nitrogens is 1.